The summed E-state index contributed by atoms with van der Waals surface area (Å²) in [5, 5.41) is 3.19. The molecule has 1 aromatic rings. The van der Waals surface area contributed by atoms with E-state index in [4.69, 9.17) is 4.74 Å². The SMILES string of the molecule is CCN(CC)C(=O)C(C)NCCOc1ccc(Br)cc1. The van der Waals surface area contributed by atoms with E-state index >= 15 is 0 Å². The van der Waals surface area contributed by atoms with Crippen molar-refractivity contribution in [1.29, 1.82) is 0 Å². The molecule has 4 nitrogen and oxygen atoms in total. The fourth-order valence-electron chi connectivity index (χ4n) is 1.87. The van der Waals surface area contributed by atoms with E-state index in [1.165, 1.54) is 0 Å². The number of carbonyl (C=O) groups excluding carboxylic acids is 1. The first-order valence-corrected chi connectivity index (χ1v) is 7.78. The number of likely N-dealkylation sites (N-methyl/N-ethyl adjacent to an activating group) is 1. The van der Waals surface area contributed by atoms with Crippen molar-refractivity contribution in [3.05, 3.63) is 28.7 Å². The summed E-state index contributed by atoms with van der Waals surface area (Å²) < 4.78 is 6.63. The average molecular weight is 343 g/mol. The minimum absolute atomic E-state index is 0.138. The fourth-order valence-corrected chi connectivity index (χ4v) is 2.14. The third kappa shape index (κ3) is 5.51. The van der Waals surface area contributed by atoms with Crippen LogP contribution in [0.1, 0.15) is 20.8 Å². The number of nitrogens with zero attached hydrogens (tertiary/aromatic N) is 1. The van der Waals surface area contributed by atoms with E-state index in [9.17, 15) is 4.79 Å². The zero-order valence-electron chi connectivity index (χ0n) is 12.4. The second-order valence-electron chi connectivity index (χ2n) is 4.49. The number of hydrogen-bond acceptors (Lipinski definition) is 3. The molecule has 0 saturated heterocycles. The van der Waals surface area contributed by atoms with E-state index in [0.29, 0.717) is 13.2 Å². The average Bonchev–Trinajstić information content (AvgIpc) is 2.46. The molecule has 0 bridgehead atoms. The van der Waals surface area contributed by atoms with Gasteiger partial charge in [-0.2, -0.15) is 0 Å². The lowest BCUT2D eigenvalue weighted by atomic mass is 10.3. The third-order valence-electron chi connectivity index (χ3n) is 3.08. The van der Waals surface area contributed by atoms with Gasteiger partial charge in [0.1, 0.15) is 12.4 Å². The Kier molecular flexibility index (Phi) is 7.62. The van der Waals surface area contributed by atoms with Crippen LogP contribution in [0.3, 0.4) is 0 Å². The molecule has 0 heterocycles. The lowest BCUT2D eigenvalue weighted by Crippen LogP contribution is -2.45. The monoisotopic (exact) mass is 342 g/mol. The van der Waals surface area contributed by atoms with Crippen LogP contribution in [0.4, 0.5) is 0 Å². The standard InChI is InChI=1S/C15H23BrN2O2/c1-4-18(5-2)15(19)12(3)17-10-11-20-14-8-6-13(16)7-9-14/h6-9,12,17H,4-5,10-11H2,1-3H3. The first-order valence-electron chi connectivity index (χ1n) is 6.99. The predicted octanol–water partition coefficient (Wildman–Crippen LogP) is 2.67. The van der Waals surface area contributed by atoms with Crippen molar-refractivity contribution in [3.8, 4) is 5.75 Å². The third-order valence-corrected chi connectivity index (χ3v) is 3.61. The first kappa shape index (κ1) is 17.0. The minimum atomic E-state index is -0.177. The maximum Gasteiger partial charge on any atom is 0.239 e. The van der Waals surface area contributed by atoms with Gasteiger partial charge in [-0.3, -0.25) is 4.79 Å². The summed E-state index contributed by atoms with van der Waals surface area (Å²) in [6.45, 7) is 8.55. The smallest absolute Gasteiger partial charge is 0.239 e. The van der Waals surface area contributed by atoms with Crippen LogP contribution >= 0.6 is 15.9 Å². The highest BCUT2D eigenvalue weighted by molar-refractivity contribution is 9.10. The molecular weight excluding hydrogens is 320 g/mol. The summed E-state index contributed by atoms with van der Waals surface area (Å²) in [7, 11) is 0. The number of ether oxygens (including phenoxy) is 1. The molecule has 1 amide bonds. The number of benzene rings is 1. The van der Waals surface area contributed by atoms with Crippen molar-refractivity contribution in [2.24, 2.45) is 0 Å². The van der Waals surface area contributed by atoms with E-state index in [1.807, 2.05) is 49.9 Å². The summed E-state index contributed by atoms with van der Waals surface area (Å²) in [5.74, 6) is 0.969. The van der Waals surface area contributed by atoms with E-state index in [-0.39, 0.29) is 11.9 Å². The van der Waals surface area contributed by atoms with Crippen molar-refractivity contribution < 1.29 is 9.53 Å². The van der Waals surface area contributed by atoms with Crippen LogP contribution in [0.15, 0.2) is 28.7 Å². The number of hydrogen-bond donors (Lipinski definition) is 1. The molecule has 0 saturated carbocycles. The largest absolute Gasteiger partial charge is 0.492 e. The van der Waals surface area contributed by atoms with Gasteiger partial charge >= 0.3 is 0 Å². The van der Waals surface area contributed by atoms with Crippen molar-refractivity contribution in [3.63, 3.8) is 0 Å². The van der Waals surface area contributed by atoms with Gasteiger partial charge in [0, 0.05) is 24.1 Å². The molecule has 0 fully saturated rings. The summed E-state index contributed by atoms with van der Waals surface area (Å²) in [6.07, 6.45) is 0. The van der Waals surface area contributed by atoms with Crippen molar-refractivity contribution >= 4 is 21.8 Å². The van der Waals surface area contributed by atoms with Gasteiger partial charge in [-0.25, -0.2) is 0 Å². The van der Waals surface area contributed by atoms with Gasteiger partial charge in [-0.05, 0) is 45.0 Å². The minimum Gasteiger partial charge on any atom is -0.492 e. The van der Waals surface area contributed by atoms with Crippen LogP contribution in [-0.4, -0.2) is 43.1 Å². The van der Waals surface area contributed by atoms with Gasteiger partial charge in [0.15, 0.2) is 0 Å². The molecule has 0 aliphatic heterocycles. The van der Waals surface area contributed by atoms with Gasteiger partial charge in [0.2, 0.25) is 5.91 Å². The Morgan fingerprint density at radius 1 is 1.30 bits per heavy atom. The molecule has 1 rings (SSSR count). The highest BCUT2D eigenvalue weighted by Crippen LogP contribution is 2.15. The predicted molar refractivity (Wildman–Crippen MR) is 85.0 cm³/mol. The molecule has 1 atom stereocenters. The van der Waals surface area contributed by atoms with Gasteiger partial charge in [-0.15, -0.1) is 0 Å². The normalized spacial score (nSPS) is 12.0. The molecule has 1 aromatic carbocycles. The summed E-state index contributed by atoms with van der Waals surface area (Å²) in [6, 6.07) is 7.52. The topological polar surface area (TPSA) is 41.6 Å². The van der Waals surface area contributed by atoms with Crippen LogP contribution < -0.4 is 10.1 Å². The highest BCUT2D eigenvalue weighted by atomic mass is 79.9. The number of carbonyl (C=O) groups is 1. The molecule has 0 aromatic heterocycles. The lowest BCUT2D eigenvalue weighted by molar-refractivity contribution is -0.132. The number of nitrogens with one attached hydrogen (secondary N) is 1. The van der Waals surface area contributed by atoms with E-state index in [2.05, 4.69) is 21.2 Å². The summed E-state index contributed by atoms with van der Waals surface area (Å²) >= 11 is 3.38. The molecule has 0 aliphatic rings. The Morgan fingerprint density at radius 3 is 2.45 bits per heavy atom. The molecule has 0 spiro atoms. The van der Waals surface area contributed by atoms with E-state index < -0.39 is 0 Å². The number of amides is 1. The Bertz CT molecular complexity index is 405. The van der Waals surface area contributed by atoms with Gasteiger partial charge in [-0.1, -0.05) is 15.9 Å². The van der Waals surface area contributed by atoms with E-state index in [0.717, 1.165) is 23.3 Å². The molecule has 5 heteroatoms. The van der Waals surface area contributed by atoms with Crippen LogP contribution in [0, 0.1) is 0 Å². The van der Waals surface area contributed by atoms with Gasteiger partial charge < -0.3 is 15.0 Å². The summed E-state index contributed by atoms with van der Waals surface area (Å²) in [4.78, 5) is 13.9. The highest BCUT2D eigenvalue weighted by Gasteiger charge is 2.16. The number of rotatable bonds is 8. The maximum atomic E-state index is 12.0. The Morgan fingerprint density at radius 2 is 1.90 bits per heavy atom. The van der Waals surface area contributed by atoms with Crippen LogP contribution in [0.5, 0.6) is 5.75 Å². The molecule has 1 unspecified atom stereocenters. The zero-order chi connectivity index (χ0) is 15.0. The van der Waals surface area contributed by atoms with Crippen molar-refractivity contribution in [1.82, 2.24) is 10.2 Å². The fraction of sp³-hybridized carbons (Fsp3) is 0.533. The second-order valence-corrected chi connectivity index (χ2v) is 5.40. The summed E-state index contributed by atoms with van der Waals surface area (Å²) in [5.41, 5.74) is 0. The van der Waals surface area contributed by atoms with E-state index in [1.54, 1.807) is 0 Å². The van der Waals surface area contributed by atoms with Gasteiger partial charge in [0.05, 0.1) is 6.04 Å². The van der Waals surface area contributed by atoms with Crippen molar-refractivity contribution in [2.75, 3.05) is 26.2 Å². The molecule has 112 valence electrons. The number of halogens is 1. The van der Waals surface area contributed by atoms with Crippen molar-refractivity contribution in [2.45, 2.75) is 26.8 Å². The van der Waals surface area contributed by atoms with Gasteiger partial charge in [0.25, 0.3) is 0 Å². The molecule has 20 heavy (non-hydrogen) atoms. The molecular formula is C15H23BrN2O2. The van der Waals surface area contributed by atoms with Crippen LogP contribution in [0.25, 0.3) is 0 Å². The quantitative estimate of drug-likeness (QED) is 0.738. The molecule has 0 aliphatic carbocycles. The maximum absolute atomic E-state index is 12.0. The van der Waals surface area contributed by atoms with Crippen LogP contribution in [0.2, 0.25) is 0 Å². The molecule has 1 N–H and O–H groups in total. The Hall–Kier alpha value is -1.07. The Labute approximate surface area is 129 Å². The first-order chi connectivity index (χ1) is 9.58. The lowest BCUT2D eigenvalue weighted by Gasteiger charge is -2.23. The van der Waals surface area contributed by atoms with Crippen LogP contribution in [-0.2, 0) is 4.79 Å². The Balaban J connectivity index is 2.26. The second kappa shape index (κ2) is 8.97. The zero-order valence-corrected chi connectivity index (χ0v) is 13.9. The molecule has 0 radical (unpaired) electrons.